The molecule has 0 bridgehead atoms. The smallest absolute Gasteiger partial charge is 0.226 e. The van der Waals surface area contributed by atoms with Crippen LogP contribution in [0.5, 0.6) is 5.75 Å². The maximum absolute atomic E-state index is 12.2. The van der Waals surface area contributed by atoms with Gasteiger partial charge in [0.2, 0.25) is 5.91 Å². The molecule has 1 aliphatic carbocycles. The quantitative estimate of drug-likeness (QED) is 0.292. The van der Waals surface area contributed by atoms with E-state index in [0.29, 0.717) is 44.0 Å². The van der Waals surface area contributed by atoms with Crippen LogP contribution in [0.2, 0.25) is 0 Å². The Hall–Kier alpha value is -3.48. The first-order valence-corrected chi connectivity index (χ1v) is 12.8. The van der Waals surface area contributed by atoms with E-state index in [9.17, 15) is 14.3 Å². The number of aromatic hydroxyl groups is 1. The number of piperazine rings is 1. The second-order valence-electron chi connectivity index (χ2n) is 9.92. The van der Waals surface area contributed by atoms with E-state index in [1.165, 1.54) is 20.8 Å². The lowest BCUT2D eigenvalue weighted by Crippen LogP contribution is -2.50. The van der Waals surface area contributed by atoms with Crippen molar-refractivity contribution in [3.8, 4) is 5.75 Å². The van der Waals surface area contributed by atoms with Gasteiger partial charge in [0.15, 0.2) is 5.84 Å². The Morgan fingerprint density at radius 1 is 1.16 bits per heavy atom. The van der Waals surface area contributed by atoms with Crippen molar-refractivity contribution in [1.82, 2.24) is 9.80 Å². The number of phenolic OH excluding ortho intramolecular Hbond substituents is 1. The molecule has 0 unspecified atom stereocenters. The normalized spacial score (nSPS) is 16.8. The highest BCUT2D eigenvalue weighted by atomic mass is 19.1. The van der Waals surface area contributed by atoms with Crippen molar-refractivity contribution in [2.24, 2.45) is 9.98 Å². The predicted molar refractivity (Wildman–Crippen MR) is 152 cm³/mol. The van der Waals surface area contributed by atoms with Crippen LogP contribution in [0.3, 0.4) is 0 Å². The Morgan fingerprint density at radius 3 is 2.38 bits per heavy atom. The summed E-state index contributed by atoms with van der Waals surface area (Å²) in [6.45, 7) is 15.1. The number of halogens is 1. The number of carbonyl (C=O) groups is 1. The van der Waals surface area contributed by atoms with Crippen molar-refractivity contribution in [1.29, 1.82) is 0 Å². The number of hydrogen-bond acceptors (Lipinski definition) is 3. The van der Waals surface area contributed by atoms with Gasteiger partial charge in [-0.25, -0.2) is 14.4 Å². The molecule has 0 spiro atoms. The van der Waals surface area contributed by atoms with Gasteiger partial charge in [-0.2, -0.15) is 0 Å². The van der Waals surface area contributed by atoms with Crippen molar-refractivity contribution < 1.29 is 14.3 Å². The van der Waals surface area contributed by atoms with Gasteiger partial charge < -0.3 is 14.9 Å². The highest BCUT2D eigenvalue weighted by molar-refractivity contribution is 6.08. The molecule has 1 aromatic carbocycles. The zero-order valence-electron chi connectivity index (χ0n) is 22.9. The topological polar surface area (TPSA) is 68.5 Å². The fourth-order valence-corrected chi connectivity index (χ4v) is 3.75. The molecule has 1 fully saturated rings. The van der Waals surface area contributed by atoms with Crippen molar-refractivity contribution in [2.75, 3.05) is 26.2 Å². The van der Waals surface area contributed by atoms with Crippen molar-refractivity contribution >= 4 is 17.6 Å². The van der Waals surface area contributed by atoms with E-state index >= 15 is 0 Å². The number of alkyl halides is 1. The number of amides is 1. The Morgan fingerprint density at radius 2 is 1.78 bits per heavy atom. The lowest BCUT2D eigenvalue weighted by atomic mass is 10.1. The number of benzene rings is 1. The van der Waals surface area contributed by atoms with Crippen molar-refractivity contribution in [2.45, 2.75) is 59.5 Å². The molecule has 1 aromatic rings. The number of para-hydroxylation sites is 1. The molecule has 1 amide bonds. The van der Waals surface area contributed by atoms with E-state index in [-0.39, 0.29) is 11.7 Å². The Balaban J connectivity index is 0.000000877. The molecule has 1 N–H and O–H groups in total. The van der Waals surface area contributed by atoms with Crippen molar-refractivity contribution in [3.05, 3.63) is 78.1 Å². The largest absolute Gasteiger partial charge is 0.507 e. The molecule has 2 aliphatic rings. The summed E-state index contributed by atoms with van der Waals surface area (Å²) in [6.07, 6.45) is 11.8. The van der Waals surface area contributed by atoms with Crippen LogP contribution < -0.4 is 0 Å². The molecule has 200 valence electrons. The number of carbonyl (C=O) groups excluding carboxylic acids is 1. The molecule has 1 aliphatic heterocycles. The second-order valence-corrected chi connectivity index (χ2v) is 9.92. The molecule has 37 heavy (non-hydrogen) atoms. The minimum absolute atomic E-state index is 0.113. The first kappa shape index (κ1) is 29.7. The van der Waals surface area contributed by atoms with E-state index < -0.39 is 5.67 Å². The number of amidine groups is 2. The first-order valence-electron chi connectivity index (χ1n) is 12.8. The standard InChI is InChI=1S/C26H32N4O2.C4H9F/c1-4-10-25(32)30-17-15-29(16-18-30)24(5-2)28-26(22-13-8-9-14-23(22)31)27-21-12-7-6-11-20(3)19-21;1-4(2,3)5/h4,7-9,11-14,19,31H,1,5-6,10,15-18H2,2-3H3;1-3H3. The third kappa shape index (κ3) is 10.6. The van der Waals surface area contributed by atoms with Gasteiger partial charge >= 0.3 is 0 Å². The Bertz CT molecular complexity index is 1080. The molecule has 3 rings (SSSR count). The van der Waals surface area contributed by atoms with Gasteiger partial charge in [0.25, 0.3) is 0 Å². The molecule has 0 atom stereocenters. The third-order valence-electron chi connectivity index (χ3n) is 5.49. The van der Waals surface area contributed by atoms with Gasteiger partial charge in [-0.1, -0.05) is 42.9 Å². The average Bonchev–Trinajstić information content (AvgIpc) is 3.05. The zero-order valence-corrected chi connectivity index (χ0v) is 22.9. The molecular formula is C30H41FN4O2. The van der Waals surface area contributed by atoms with Gasteiger partial charge in [-0.15, -0.1) is 6.58 Å². The lowest BCUT2D eigenvalue weighted by Gasteiger charge is -2.36. The van der Waals surface area contributed by atoms with Gasteiger partial charge in [0, 0.05) is 39.0 Å². The fourth-order valence-electron chi connectivity index (χ4n) is 3.75. The summed E-state index contributed by atoms with van der Waals surface area (Å²) in [6, 6.07) is 7.15. The summed E-state index contributed by atoms with van der Waals surface area (Å²) < 4.78 is 11.7. The minimum Gasteiger partial charge on any atom is -0.507 e. The molecule has 0 aromatic heterocycles. The van der Waals surface area contributed by atoms with Crippen LogP contribution in [-0.2, 0) is 4.79 Å². The van der Waals surface area contributed by atoms with Crippen LogP contribution >= 0.6 is 0 Å². The third-order valence-corrected chi connectivity index (χ3v) is 5.49. The second kappa shape index (κ2) is 14.3. The predicted octanol–water partition coefficient (Wildman–Crippen LogP) is 6.21. The van der Waals surface area contributed by atoms with Gasteiger partial charge in [0.05, 0.1) is 11.3 Å². The number of aliphatic imine (C=N–C) groups is 2. The van der Waals surface area contributed by atoms with E-state index in [1.807, 2.05) is 29.2 Å². The summed E-state index contributed by atoms with van der Waals surface area (Å²) in [5.41, 5.74) is 1.54. The molecule has 1 saturated heterocycles. The minimum atomic E-state index is -1.00. The SMILES string of the molecule is C=CCC(=O)N1CCN(C(CC)=NC(=NC2=CC(C)=CCC=C2)c2ccccc2O)CC1.CC(C)(C)F. The average molecular weight is 509 g/mol. The van der Waals surface area contributed by atoms with Crippen LogP contribution in [0.15, 0.2) is 82.5 Å². The summed E-state index contributed by atoms with van der Waals surface area (Å²) in [5.74, 6) is 1.64. The highest BCUT2D eigenvalue weighted by Gasteiger charge is 2.22. The number of phenols is 1. The number of nitrogens with zero attached hydrogens (tertiary/aromatic N) is 4. The van der Waals surface area contributed by atoms with Crippen LogP contribution in [0.4, 0.5) is 4.39 Å². The summed E-state index contributed by atoms with van der Waals surface area (Å²) >= 11 is 0. The molecular weight excluding hydrogens is 467 g/mol. The van der Waals surface area contributed by atoms with E-state index in [0.717, 1.165) is 29.9 Å². The van der Waals surface area contributed by atoms with Gasteiger partial charge in [-0.05, 0) is 58.4 Å². The van der Waals surface area contributed by atoms with E-state index in [2.05, 4.69) is 37.5 Å². The van der Waals surface area contributed by atoms with Crippen LogP contribution in [0.25, 0.3) is 0 Å². The fraction of sp³-hybridized carbons (Fsp3) is 0.433. The lowest BCUT2D eigenvalue weighted by molar-refractivity contribution is -0.131. The maximum atomic E-state index is 12.2. The number of allylic oxidation sites excluding steroid dienone is 5. The molecule has 6 nitrogen and oxygen atoms in total. The Labute approximate surface area is 221 Å². The number of rotatable bonds is 5. The maximum Gasteiger partial charge on any atom is 0.226 e. The first-order chi connectivity index (χ1) is 17.5. The zero-order chi connectivity index (χ0) is 27.4. The molecule has 0 radical (unpaired) electrons. The number of hydrogen-bond donors (Lipinski definition) is 1. The van der Waals surface area contributed by atoms with Crippen LogP contribution in [0.1, 0.15) is 59.4 Å². The molecule has 1 heterocycles. The highest BCUT2D eigenvalue weighted by Crippen LogP contribution is 2.21. The van der Waals surface area contributed by atoms with E-state index in [4.69, 9.17) is 9.98 Å². The molecule has 7 heteroatoms. The summed E-state index contributed by atoms with van der Waals surface area (Å²) in [4.78, 5) is 26.0. The van der Waals surface area contributed by atoms with E-state index in [1.54, 1.807) is 18.2 Å². The summed E-state index contributed by atoms with van der Waals surface area (Å²) in [7, 11) is 0. The summed E-state index contributed by atoms with van der Waals surface area (Å²) in [5, 5.41) is 10.5. The van der Waals surface area contributed by atoms with Gasteiger partial charge in [-0.3, -0.25) is 4.79 Å². The van der Waals surface area contributed by atoms with Crippen molar-refractivity contribution in [3.63, 3.8) is 0 Å². The van der Waals surface area contributed by atoms with Crippen LogP contribution in [-0.4, -0.2) is 64.3 Å². The molecule has 0 saturated carbocycles. The van der Waals surface area contributed by atoms with Crippen LogP contribution in [0, 0.1) is 0 Å². The van der Waals surface area contributed by atoms with Gasteiger partial charge in [0.1, 0.15) is 17.3 Å². The monoisotopic (exact) mass is 508 g/mol. The Kier molecular flexibility index (Phi) is 11.5.